The molecule has 0 aliphatic rings. The van der Waals surface area contributed by atoms with Crippen LogP contribution in [0.2, 0.25) is 0 Å². The highest BCUT2D eigenvalue weighted by Crippen LogP contribution is 2.16. The van der Waals surface area contributed by atoms with Crippen LogP contribution in [-0.4, -0.2) is 22.6 Å². The van der Waals surface area contributed by atoms with Gasteiger partial charge in [0.15, 0.2) is 0 Å². The van der Waals surface area contributed by atoms with E-state index < -0.39 is 11.2 Å². The first-order valence-corrected chi connectivity index (χ1v) is 6.28. The summed E-state index contributed by atoms with van der Waals surface area (Å²) >= 11 is 0. The van der Waals surface area contributed by atoms with Gasteiger partial charge in [0.05, 0.1) is 7.11 Å². The molecule has 0 unspecified atom stereocenters. The summed E-state index contributed by atoms with van der Waals surface area (Å²) in [4.78, 5) is 36.3. The summed E-state index contributed by atoms with van der Waals surface area (Å²) in [6, 6.07) is 8.51. The van der Waals surface area contributed by atoms with Crippen LogP contribution in [0.15, 0.2) is 46.1 Å². The Kier molecular flexibility index (Phi) is 4.55. The minimum absolute atomic E-state index is 0.162. The van der Waals surface area contributed by atoms with Crippen molar-refractivity contribution in [3.05, 3.63) is 62.9 Å². The number of H-pyrrole nitrogens is 1. The molecule has 1 amide bonds. The number of aromatic amines is 1. The standard InChI is InChI=1S/C14H15N3O4/c1-21-11-5-3-2-4-10(11)8-15-13(19)9-17-7-6-12(18)16-14(17)20/h2-7H,8-9H2,1H3,(H,15,19)(H,16,18,20). The first-order chi connectivity index (χ1) is 10.1. The van der Waals surface area contributed by atoms with Crippen LogP contribution in [0.1, 0.15) is 5.56 Å². The van der Waals surface area contributed by atoms with Crippen LogP contribution in [0.25, 0.3) is 0 Å². The van der Waals surface area contributed by atoms with Gasteiger partial charge in [0.25, 0.3) is 5.56 Å². The van der Waals surface area contributed by atoms with E-state index in [1.54, 1.807) is 13.2 Å². The molecule has 2 N–H and O–H groups in total. The van der Waals surface area contributed by atoms with Crippen LogP contribution < -0.4 is 21.3 Å². The lowest BCUT2D eigenvalue weighted by atomic mass is 10.2. The highest BCUT2D eigenvalue weighted by molar-refractivity contribution is 5.75. The van der Waals surface area contributed by atoms with E-state index in [1.165, 1.54) is 12.3 Å². The number of aromatic nitrogens is 2. The monoisotopic (exact) mass is 289 g/mol. The minimum atomic E-state index is -0.616. The number of carbonyl (C=O) groups is 1. The Balaban J connectivity index is 1.99. The number of para-hydroxylation sites is 1. The van der Waals surface area contributed by atoms with Crippen LogP contribution in [0.4, 0.5) is 0 Å². The first-order valence-electron chi connectivity index (χ1n) is 6.28. The van der Waals surface area contributed by atoms with Crippen molar-refractivity contribution in [1.29, 1.82) is 0 Å². The summed E-state index contributed by atoms with van der Waals surface area (Å²) in [5.74, 6) is 0.342. The van der Waals surface area contributed by atoms with Crippen molar-refractivity contribution >= 4 is 5.91 Å². The summed E-state index contributed by atoms with van der Waals surface area (Å²) in [6.07, 6.45) is 1.28. The molecule has 1 heterocycles. The molecular weight excluding hydrogens is 274 g/mol. The number of methoxy groups -OCH3 is 1. The molecule has 2 rings (SSSR count). The molecule has 0 saturated heterocycles. The molecule has 21 heavy (non-hydrogen) atoms. The maximum absolute atomic E-state index is 11.8. The molecule has 2 aromatic rings. The zero-order chi connectivity index (χ0) is 15.2. The van der Waals surface area contributed by atoms with Crippen molar-refractivity contribution < 1.29 is 9.53 Å². The van der Waals surface area contributed by atoms with Crippen molar-refractivity contribution in [1.82, 2.24) is 14.9 Å². The van der Waals surface area contributed by atoms with Gasteiger partial charge < -0.3 is 10.1 Å². The topological polar surface area (TPSA) is 93.2 Å². The highest BCUT2D eigenvalue weighted by Gasteiger charge is 2.07. The van der Waals surface area contributed by atoms with Crippen LogP contribution in [0.5, 0.6) is 5.75 Å². The van der Waals surface area contributed by atoms with Gasteiger partial charge in [0.1, 0.15) is 12.3 Å². The largest absolute Gasteiger partial charge is 0.496 e. The van der Waals surface area contributed by atoms with Crippen LogP contribution in [0, 0.1) is 0 Å². The lowest BCUT2D eigenvalue weighted by molar-refractivity contribution is -0.121. The maximum Gasteiger partial charge on any atom is 0.328 e. The number of amides is 1. The lowest BCUT2D eigenvalue weighted by Gasteiger charge is -2.10. The zero-order valence-corrected chi connectivity index (χ0v) is 11.5. The van der Waals surface area contributed by atoms with Gasteiger partial charge in [-0.1, -0.05) is 18.2 Å². The average Bonchev–Trinajstić information content (AvgIpc) is 2.48. The Morgan fingerprint density at radius 3 is 2.76 bits per heavy atom. The van der Waals surface area contributed by atoms with E-state index in [9.17, 15) is 14.4 Å². The number of hydrogen-bond donors (Lipinski definition) is 2. The van der Waals surface area contributed by atoms with Crippen molar-refractivity contribution in [2.45, 2.75) is 13.1 Å². The second kappa shape index (κ2) is 6.56. The maximum atomic E-state index is 11.8. The van der Waals surface area contributed by atoms with E-state index in [0.717, 1.165) is 10.1 Å². The summed E-state index contributed by atoms with van der Waals surface area (Å²) in [6.45, 7) is 0.131. The summed E-state index contributed by atoms with van der Waals surface area (Å²) < 4.78 is 6.31. The third kappa shape index (κ3) is 3.82. The van der Waals surface area contributed by atoms with Crippen molar-refractivity contribution in [3.8, 4) is 5.75 Å². The average molecular weight is 289 g/mol. The van der Waals surface area contributed by atoms with Gasteiger partial charge in [-0.3, -0.25) is 19.1 Å². The van der Waals surface area contributed by atoms with E-state index in [4.69, 9.17) is 4.74 Å². The quantitative estimate of drug-likeness (QED) is 0.801. The van der Waals surface area contributed by atoms with Gasteiger partial charge >= 0.3 is 5.69 Å². The molecule has 110 valence electrons. The lowest BCUT2D eigenvalue weighted by Crippen LogP contribution is -2.35. The Hall–Kier alpha value is -2.83. The minimum Gasteiger partial charge on any atom is -0.496 e. The van der Waals surface area contributed by atoms with E-state index in [0.29, 0.717) is 12.3 Å². The molecule has 0 spiro atoms. The van der Waals surface area contributed by atoms with E-state index >= 15 is 0 Å². The Bertz CT molecular complexity index is 748. The molecule has 0 radical (unpaired) electrons. The van der Waals surface area contributed by atoms with E-state index in [1.807, 2.05) is 18.2 Å². The highest BCUT2D eigenvalue weighted by atomic mass is 16.5. The Morgan fingerprint density at radius 1 is 1.29 bits per heavy atom. The third-order valence-electron chi connectivity index (χ3n) is 2.88. The number of nitrogens with one attached hydrogen (secondary N) is 2. The second-order valence-corrected chi connectivity index (χ2v) is 4.33. The molecule has 0 atom stereocenters. The molecule has 7 nitrogen and oxygen atoms in total. The Morgan fingerprint density at radius 2 is 2.05 bits per heavy atom. The number of carbonyl (C=O) groups excluding carboxylic acids is 1. The third-order valence-corrected chi connectivity index (χ3v) is 2.88. The summed E-state index contributed by atoms with van der Waals surface area (Å²) in [5.41, 5.74) is -0.275. The zero-order valence-electron chi connectivity index (χ0n) is 11.5. The number of ether oxygens (including phenoxy) is 1. The fraction of sp³-hybridized carbons (Fsp3) is 0.214. The molecule has 1 aromatic carbocycles. The van der Waals surface area contributed by atoms with Gasteiger partial charge in [-0.15, -0.1) is 0 Å². The van der Waals surface area contributed by atoms with Crippen molar-refractivity contribution in [3.63, 3.8) is 0 Å². The fourth-order valence-corrected chi connectivity index (χ4v) is 1.82. The van der Waals surface area contributed by atoms with Gasteiger partial charge in [-0.05, 0) is 6.07 Å². The fourth-order valence-electron chi connectivity index (χ4n) is 1.82. The summed E-state index contributed by atoms with van der Waals surface area (Å²) in [5, 5.41) is 2.69. The summed E-state index contributed by atoms with van der Waals surface area (Å²) in [7, 11) is 1.56. The molecule has 0 aliphatic carbocycles. The normalized spacial score (nSPS) is 10.1. The molecule has 0 aliphatic heterocycles. The number of rotatable bonds is 5. The van der Waals surface area contributed by atoms with Crippen LogP contribution in [-0.2, 0) is 17.9 Å². The van der Waals surface area contributed by atoms with Crippen LogP contribution in [0.3, 0.4) is 0 Å². The van der Waals surface area contributed by atoms with Gasteiger partial charge in [0.2, 0.25) is 5.91 Å². The van der Waals surface area contributed by atoms with Gasteiger partial charge in [-0.2, -0.15) is 0 Å². The van der Waals surface area contributed by atoms with Gasteiger partial charge in [0, 0.05) is 24.4 Å². The molecule has 1 aromatic heterocycles. The molecule has 0 fully saturated rings. The van der Waals surface area contributed by atoms with Crippen LogP contribution >= 0.6 is 0 Å². The molecule has 0 bridgehead atoms. The van der Waals surface area contributed by atoms with Crippen molar-refractivity contribution in [2.24, 2.45) is 0 Å². The predicted molar refractivity (Wildman–Crippen MR) is 76.2 cm³/mol. The predicted octanol–water partition coefficient (Wildman–Crippen LogP) is -0.138. The number of benzene rings is 1. The molecular formula is C14H15N3O4. The van der Waals surface area contributed by atoms with E-state index in [2.05, 4.69) is 10.3 Å². The van der Waals surface area contributed by atoms with Gasteiger partial charge in [-0.25, -0.2) is 4.79 Å². The SMILES string of the molecule is COc1ccccc1CNC(=O)Cn1ccc(=O)[nH]c1=O. The Labute approximate surface area is 120 Å². The number of nitrogens with zero attached hydrogens (tertiary/aromatic N) is 1. The second-order valence-electron chi connectivity index (χ2n) is 4.33. The number of hydrogen-bond acceptors (Lipinski definition) is 4. The van der Waals surface area contributed by atoms with E-state index in [-0.39, 0.29) is 12.5 Å². The van der Waals surface area contributed by atoms with Crippen molar-refractivity contribution in [2.75, 3.05) is 7.11 Å². The molecule has 0 saturated carbocycles. The smallest absolute Gasteiger partial charge is 0.328 e. The first kappa shape index (κ1) is 14.6. The molecule has 7 heteroatoms.